The predicted octanol–water partition coefficient (Wildman–Crippen LogP) is 22.5. The van der Waals surface area contributed by atoms with E-state index < -0.39 is 11.6 Å². The van der Waals surface area contributed by atoms with Crippen molar-refractivity contribution >= 4 is 51.8 Å². The lowest BCUT2D eigenvalue weighted by Gasteiger charge is -2.28. The standard InChI is InChI=1S/C58H72Cl2N2O6.C20H32O2.C7H9N/c1-3-5-11-41-13-17-43(18-14-41)45-21-29-49(30-22-45)65-37-7-9-39-67-51-33-25-47(26-34-51)61-55-53(59)58(64)56(54(60)57(55)63)62-48-27-35-52(36-28-48)68-40-10-8-38-66-50-31-23-46(24-32-50)44-19-15-42(16-20-44)12-6-4-2;1-2-3-6-17-7-9-18(10-8-17)19-11-13-20(14-12-19)22-16-5-4-15-21;1-6-2-4-7(8)5-3-6/h21-36,41-44,61-62H,3-20,37-40H2,1-2H3;11-14,17-18,21H,2-10,15-16H2,1H3;2-5H,8H2,1H3. The van der Waals surface area contributed by atoms with E-state index in [4.69, 9.17) is 57.7 Å². The van der Waals surface area contributed by atoms with Crippen LogP contribution in [0.1, 0.15) is 234 Å². The Morgan fingerprint density at radius 1 is 0.378 bits per heavy atom. The summed E-state index contributed by atoms with van der Waals surface area (Å²) >= 11 is 13.0. The first-order chi connectivity index (χ1) is 47.9. The number of aliphatic hydroxyl groups excluding tert-OH is 1. The van der Waals surface area contributed by atoms with Crippen molar-refractivity contribution in [2.45, 2.75) is 219 Å². The van der Waals surface area contributed by atoms with Gasteiger partial charge in [0.05, 0.1) is 33.0 Å². The van der Waals surface area contributed by atoms with Crippen molar-refractivity contribution in [1.29, 1.82) is 0 Å². The van der Waals surface area contributed by atoms with Crippen LogP contribution in [-0.2, 0) is 9.59 Å². The lowest BCUT2D eigenvalue weighted by molar-refractivity contribution is -0.115. The quantitative estimate of drug-likeness (QED) is 0.0171. The molecule has 0 spiro atoms. The average molecular weight is 1380 g/mol. The van der Waals surface area contributed by atoms with Crippen molar-refractivity contribution < 1.29 is 38.4 Å². The fraction of sp³-hybridized carbons (Fsp3) is 0.506. The molecule has 4 aliphatic carbocycles. The van der Waals surface area contributed by atoms with Gasteiger partial charge in [-0.1, -0.05) is 156 Å². The largest absolute Gasteiger partial charge is 0.494 e. The van der Waals surface area contributed by atoms with Crippen molar-refractivity contribution in [2.24, 2.45) is 17.8 Å². The predicted molar refractivity (Wildman–Crippen MR) is 406 cm³/mol. The Morgan fingerprint density at radius 3 is 0.898 bits per heavy atom. The molecule has 11 nitrogen and oxygen atoms in total. The van der Waals surface area contributed by atoms with E-state index in [1.54, 1.807) is 48.5 Å². The van der Waals surface area contributed by atoms with Gasteiger partial charge in [0.15, 0.2) is 0 Å². The fourth-order valence-corrected chi connectivity index (χ4v) is 14.4. The number of halogens is 2. The van der Waals surface area contributed by atoms with E-state index in [0.29, 0.717) is 67.7 Å². The molecule has 530 valence electrons. The van der Waals surface area contributed by atoms with Crippen LogP contribution < -0.4 is 40.1 Å². The van der Waals surface area contributed by atoms with E-state index >= 15 is 0 Å². The maximum absolute atomic E-state index is 13.4. The number of aryl methyl sites for hydroxylation is 1. The second-order valence-corrected chi connectivity index (χ2v) is 28.4. The second-order valence-electron chi connectivity index (χ2n) is 27.6. The monoisotopic (exact) mass is 1370 g/mol. The van der Waals surface area contributed by atoms with E-state index in [2.05, 4.69) is 104 Å². The highest BCUT2D eigenvalue weighted by atomic mass is 35.5. The molecule has 6 aromatic rings. The normalized spacial score (nSPS) is 19.3. The van der Waals surface area contributed by atoms with Gasteiger partial charge in [-0.3, -0.25) is 9.59 Å². The number of carbonyl (C=O) groups is 2. The Morgan fingerprint density at radius 2 is 0.643 bits per heavy atom. The van der Waals surface area contributed by atoms with Crippen molar-refractivity contribution in [3.05, 3.63) is 189 Å². The highest BCUT2D eigenvalue weighted by Gasteiger charge is 2.34. The number of unbranched alkanes of at least 4 members (excludes halogenated alkanes) is 6. The number of nitrogen functional groups attached to an aromatic ring is 1. The molecule has 0 bridgehead atoms. The number of nitrogens with one attached hydrogen (secondary N) is 2. The number of hydrogen-bond donors (Lipinski definition) is 4. The van der Waals surface area contributed by atoms with E-state index in [9.17, 15) is 9.59 Å². The number of allylic oxidation sites excluding steroid dienone is 2. The van der Waals surface area contributed by atoms with E-state index in [0.717, 1.165) is 85.1 Å². The van der Waals surface area contributed by atoms with Crippen LogP contribution in [0.5, 0.6) is 28.7 Å². The molecule has 3 fully saturated rings. The fourth-order valence-electron chi connectivity index (χ4n) is 13.9. The first-order valence-corrected chi connectivity index (χ1v) is 38.2. The van der Waals surface area contributed by atoms with Gasteiger partial charge in [0.2, 0.25) is 11.6 Å². The van der Waals surface area contributed by atoms with Crippen molar-refractivity contribution in [3.8, 4) is 28.7 Å². The molecule has 98 heavy (non-hydrogen) atoms. The highest BCUT2D eigenvalue weighted by molar-refractivity contribution is 6.56. The molecule has 0 heterocycles. The summed E-state index contributed by atoms with van der Waals surface area (Å²) in [6, 6.07) is 48.2. The Bertz CT molecular complexity index is 3110. The van der Waals surface area contributed by atoms with Crippen LogP contribution in [0, 0.1) is 24.7 Å². The van der Waals surface area contributed by atoms with Gasteiger partial charge < -0.3 is 45.2 Å². The molecule has 0 aromatic heterocycles. The lowest BCUT2D eigenvalue weighted by Crippen LogP contribution is -2.27. The van der Waals surface area contributed by atoms with Gasteiger partial charge in [-0.2, -0.15) is 0 Å². The number of anilines is 3. The van der Waals surface area contributed by atoms with Crippen molar-refractivity contribution in [2.75, 3.05) is 56.0 Å². The van der Waals surface area contributed by atoms with Gasteiger partial charge in [-0.15, -0.1) is 0 Å². The van der Waals surface area contributed by atoms with Gasteiger partial charge in [-0.05, 0) is 272 Å². The molecule has 0 saturated heterocycles. The molecule has 0 unspecified atom stereocenters. The average Bonchev–Trinajstić information content (AvgIpc) is 0.785. The molecule has 0 radical (unpaired) electrons. The zero-order valence-electron chi connectivity index (χ0n) is 59.3. The zero-order chi connectivity index (χ0) is 69.1. The topological polar surface area (TPSA) is 151 Å². The number of ether oxygens (including phenoxy) is 5. The number of benzene rings is 6. The number of Topliss-reactive ketones (excluding diaryl/α,β-unsaturated/α-hetero) is 2. The SMILES string of the molecule is CCCCC1CCC(c2ccc(OCCCCO)cc2)CC1.CCCCC1CCC(c2ccc(OCCCCOc3ccc(NC4=C(Cl)C(=O)C(Nc5ccc(OCCCCOc6ccc(C7CCC(CCCC)CC7)cc6)cc5)=C(Cl)C4=O)cc3)cc2)CC1.Cc1ccc(N)cc1. The van der Waals surface area contributed by atoms with Gasteiger partial charge in [0.25, 0.3) is 0 Å². The summed E-state index contributed by atoms with van der Waals surface area (Å²) < 4.78 is 29.6. The minimum Gasteiger partial charge on any atom is -0.494 e. The molecule has 10 rings (SSSR count). The molecule has 0 amide bonds. The summed E-state index contributed by atoms with van der Waals surface area (Å²) in [5.41, 5.74) is 12.8. The Balaban J connectivity index is 0.000000333. The Hall–Kier alpha value is -6.92. The van der Waals surface area contributed by atoms with Crippen molar-refractivity contribution in [1.82, 2.24) is 0 Å². The van der Waals surface area contributed by atoms with Crippen LogP contribution in [0.2, 0.25) is 0 Å². The van der Waals surface area contributed by atoms with E-state index in [1.165, 1.54) is 157 Å². The number of aliphatic hydroxyl groups is 1. The summed E-state index contributed by atoms with van der Waals surface area (Å²) in [6.45, 7) is 12.2. The maximum Gasteiger partial charge on any atom is 0.224 e. The zero-order valence-corrected chi connectivity index (χ0v) is 60.8. The molecule has 3 saturated carbocycles. The molecular weight excluding hydrogens is 1260 g/mol. The van der Waals surface area contributed by atoms with E-state index in [-0.39, 0.29) is 28.1 Å². The van der Waals surface area contributed by atoms with Gasteiger partial charge in [0.1, 0.15) is 50.2 Å². The molecule has 0 aliphatic heterocycles. The first kappa shape index (κ1) is 76.8. The summed E-state index contributed by atoms with van der Waals surface area (Å²) in [5.74, 6) is 7.90. The van der Waals surface area contributed by atoms with Crippen LogP contribution in [-0.4, -0.2) is 56.3 Å². The third-order valence-corrected chi connectivity index (χ3v) is 20.8. The first-order valence-electron chi connectivity index (χ1n) is 37.4. The van der Waals surface area contributed by atoms with Gasteiger partial charge in [-0.25, -0.2) is 0 Å². The molecule has 13 heteroatoms. The molecular formula is C85H113Cl2N3O8. The summed E-state index contributed by atoms with van der Waals surface area (Å²) in [7, 11) is 0. The van der Waals surface area contributed by atoms with Gasteiger partial charge >= 0.3 is 0 Å². The molecule has 6 aromatic carbocycles. The second kappa shape index (κ2) is 42.9. The van der Waals surface area contributed by atoms with Crippen molar-refractivity contribution in [3.63, 3.8) is 0 Å². The number of rotatable bonds is 35. The van der Waals surface area contributed by atoms with Crippen LogP contribution in [0.15, 0.2) is 167 Å². The Labute approximate surface area is 597 Å². The van der Waals surface area contributed by atoms with Gasteiger partial charge in [0, 0.05) is 23.7 Å². The number of carbonyl (C=O) groups excluding carboxylic acids is 2. The summed E-state index contributed by atoms with van der Waals surface area (Å²) in [6.07, 6.45) is 33.6. The van der Waals surface area contributed by atoms with Crippen LogP contribution in [0.4, 0.5) is 17.1 Å². The number of ketones is 2. The summed E-state index contributed by atoms with van der Waals surface area (Å²) in [4.78, 5) is 26.7. The summed E-state index contributed by atoms with van der Waals surface area (Å²) in [5, 5.41) is 14.2. The molecule has 0 atom stereocenters. The minimum atomic E-state index is -0.589. The minimum absolute atomic E-state index is 0.0853. The Kier molecular flexibility index (Phi) is 33.6. The third-order valence-electron chi connectivity index (χ3n) is 20.1. The lowest BCUT2D eigenvalue weighted by atomic mass is 9.77. The smallest absolute Gasteiger partial charge is 0.224 e. The molecule has 5 N–H and O–H groups in total. The van der Waals surface area contributed by atoms with Crippen LogP contribution in [0.3, 0.4) is 0 Å². The third kappa shape index (κ3) is 26.0. The number of hydrogen-bond acceptors (Lipinski definition) is 11. The van der Waals surface area contributed by atoms with E-state index in [1.807, 2.05) is 31.2 Å². The highest BCUT2D eigenvalue weighted by Crippen LogP contribution is 2.41. The van der Waals surface area contributed by atoms with Crippen LogP contribution in [0.25, 0.3) is 0 Å². The maximum atomic E-state index is 13.4. The molecule has 4 aliphatic rings. The number of nitrogens with two attached hydrogens (primary N) is 1. The van der Waals surface area contributed by atoms with Crippen LogP contribution >= 0.6 is 23.2 Å².